The van der Waals surface area contributed by atoms with E-state index in [-0.39, 0.29) is 6.61 Å². The Morgan fingerprint density at radius 2 is 2.11 bits per heavy atom. The van der Waals surface area contributed by atoms with Crippen LogP contribution in [0.5, 0.6) is 5.75 Å². The van der Waals surface area contributed by atoms with E-state index in [9.17, 15) is 0 Å². The normalized spacial score (nSPS) is 10.0. The number of unbranched alkanes of at least 4 members (excludes halogenated alkanes) is 1. The topological polar surface area (TPSA) is 54.3 Å². The molecule has 0 aliphatic carbocycles. The molecule has 0 saturated carbocycles. The SMILES string of the molecule is COCCCCNCc1ccccc1OCC#N. The number of nitriles is 1. The predicted octanol–water partition coefficient (Wildman–Crippen LogP) is 2.11. The van der Waals surface area contributed by atoms with Gasteiger partial charge in [0.1, 0.15) is 11.8 Å². The van der Waals surface area contributed by atoms with E-state index in [0.29, 0.717) is 0 Å². The van der Waals surface area contributed by atoms with Gasteiger partial charge >= 0.3 is 0 Å². The second-order valence-corrected chi connectivity index (χ2v) is 3.93. The fraction of sp³-hybridized carbons (Fsp3) is 0.500. The van der Waals surface area contributed by atoms with Crippen molar-refractivity contribution in [3.63, 3.8) is 0 Å². The molecule has 0 aliphatic rings. The minimum atomic E-state index is 0.0881. The summed E-state index contributed by atoms with van der Waals surface area (Å²) in [5, 5.41) is 11.9. The van der Waals surface area contributed by atoms with Crippen LogP contribution in [-0.2, 0) is 11.3 Å². The first-order chi connectivity index (χ1) is 8.88. The number of rotatable bonds is 9. The second kappa shape index (κ2) is 9.46. The van der Waals surface area contributed by atoms with Crippen molar-refractivity contribution in [2.45, 2.75) is 19.4 Å². The fourth-order valence-electron chi connectivity index (χ4n) is 1.62. The highest BCUT2D eigenvalue weighted by atomic mass is 16.5. The van der Waals surface area contributed by atoms with Crippen LogP contribution in [0.2, 0.25) is 0 Å². The molecule has 0 unspecified atom stereocenters. The summed E-state index contributed by atoms with van der Waals surface area (Å²) >= 11 is 0. The molecule has 1 rings (SSSR count). The van der Waals surface area contributed by atoms with Crippen LogP contribution < -0.4 is 10.1 Å². The van der Waals surface area contributed by atoms with Crippen molar-refractivity contribution in [3.05, 3.63) is 29.8 Å². The van der Waals surface area contributed by atoms with Gasteiger partial charge in [0.15, 0.2) is 6.61 Å². The van der Waals surface area contributed by atoms with Gasteiger partial charge in [-0.05, 0) is 25.5 Å². The average molecular weight is 248 g/mol. The average Bonchev–Trinajstić information content (AvgIpc) is 2.41. The summed E-state index contributed by atoms with van der Waals surface area (Å²) in [4.78, 5) is 0. The lowest BCUT2D eigenvalue weighted by Crippen LogP contribution is -2.16. The highest BCUT2D eigenvalue weighted by molar-refractivity contribution is 5.33. The summed E-state index contributed by atoms with van der Waals surface area (Å²) in [6.07, 6.45) is 2.16. The van der Waals surface area contributed by atoms with Crippen LogP contribution in [0.1, 0.15) is 18.4 Å². The van der Waals surface area contributed by atoms with Crippen molar-refractivity contribution in [2.24, 2.45) is 0 Å². The van der Waals surface area contributed by atoms with Crippen molar-refractivity contribution < 1.29 is 9.47 Å². The molecule has 0 amide bonds. The number of para-hydroxylation sites is 1. The molecular formula is C14H20N2O2. The fourth-order valence-corrected chi connectivity index (χ4v) is 1.62. The maximum Gasteiger partial charge on any atom is 0.174 e. The van der Waals surface area contributed by atoms with Crippen LogP contribution in [0, 0.1) is 11.3 Å². The minimum absolute atomic E-state index is 0.0881. The Kier molecular flexibility index (Phi) is 7.61. The summed E-state index contributed by atoms with van der Waals surface area (Å²) in [6, 6.07) is 9.76. The van der Waals surface area contributed by atoms with Gasteiger partial charge in [-0.1, -0.05) is 18.2 Å². The van der Waals surface area contributed by atoms with Gasteiger partial charge in [0, 0.05) is 25.8 Å². The van der Waals surface area contributed by atoms with E-state index in [1.54, 1.807) is 7.11 Å². The zero-order chi connectivity index (χ0) is 13.1. The Bertz CT molecular complexity index is 374. The van der Waals surface area contributed by atoms with Crippen LogP contribution in [0.4, 0.5) is 0 Å². The predicted molar refractivity (Wildman–Crippen MR) is 70.4 cm³/mol. The molecule has 1 aromatic rings. The molecule has 4 heteroatoms. The highest BCUT2D eigenvalue weighted by Gasteiger charge is 2.01. The molecule has 0 bridgehead atoms. The van der Waals surface area contributed by atoms with Gasteiger partial charge in [-0.25, -0.2) is 0 Å². The molecule has 0 aromatic heterocycles. The molecule has 4 nitrogen and oxygen atoms in total. The minimum Gasteiger partial charge on any atom is -0.478 e. The number of benzene rings is 1. The van der Waals surface area contributed by atoms with Gasteiger partial charge in [-0.3, -0.25) is 0 Å². The Balaban J connectivity index is 2.30. The van der Waals surface area contributed by atoms with Gasteiger partial charge in [0.2, 0.25) is 0 Å². The largest absolute Gasteiger partial charge is 0.478 e. The van der Waals surface area contributed by atoms with Gasteiger partial charge in [0.05, 0.1) is 0 Å². The van der Waals surface area contributed by atoms with E-state index in [4.69, 9.17) is 14.7 Å². The van der Waals surface area contributed by atoms with Crippen molar-refractivity contribution in [1.82, 2.24) is 5.32 Å². The Labute approximate surface area is 109 Å². The van der Waals surface area contributed by atoms with E-state index in [1.165, 1.54) is 0 Å². The summed E-state index contributed by atoms with van der Waals surface area (Å²) in [7, 11) is 1.72. The molecule has 0 saturated heterocycles. The van der Waals surface area contributed by atoms with Gasteiger partial charge in [-0.2, -0.15) is 5.26 Å². The third kappa shape index (κ3) is 5.67. The zero-order valence-corrected chi connectivity index (χ0v) is 10.8. The van der Waals surface area contributed by atoms with E-state index in [1.807, 2.05) is 30.3 Å². The smallest absolute Gasteiger partial charge is 0.174 e. The summed E-state index contributed by atoms with van der Waals surface area (Å²) in [5.74, 6) is 0.781. The molecule has 18 heavy (non-hydrogen) atoms. The Morgan fingerprint density at radius 1 is 1.28 bits per heavy atom. The number of nitrogens with zero attached hydrogens (tertiary/aromatic N) is 1. The van der Waals surface area contributed by atoms with E-state index in [0.717, 1.165) is 43.9 Å². The van der Waals surface area contributed by atoms with Crippen LogP contribution >= 0.6 is 0 Å². The summed E-state index contributed by atoms with van der Waals surface area (Å²) in [6.45, 7) is 2.61. The van der Waals surface area contributed by atoms with Gasteiger partial charge in [-0.15, -0.1) is 0 Å². The van der Waals surface area contributed by atoms with E-state index >= 15 is 0 Å². The summed E-state index contributed by atoms with van der Waals surface area (Å²) < 4.78 is 10.4. The quantitative estimate of drug-likeness (QED) is 0.680. The Morgan fingerprint density at radius 3 is 2.89 bits per heavy atom. The van der Waals surface area contributed by atoms with Gasteiger partial charge in [0.25, 0.3) is 0 Å². The van der Waals surface area contributed by atoms with Crippen molar-refractivity contribution in [2.75, 3.05) is 26.9 Å². The molecule has 0 fully saturated rings. The third-order valence-corrected chi connectivity index (χ3v) is 2.53. The monoisotopic (exact) mass is 248 g/mol. The molecule has 98 valence electrons. The van der Waals surface area contributed by atoms with Crippen LogP contribution in [0.15, 0.2) is 24.3 Å². The molecule has 1 aromatic carbocycles. The number of methoxy groups -OCH3 is 1. The Hall–Kier alpha value is -1.57. The summed E-state index contributed by atoms with van der Waals surface area (Å²) in [5.41, 5.74) is 1.08. The second-order valence-electron chi connectivity index (χ2n) is 3.93. The lowest BCUT2D eigenvalue weighted by atomic mass is 10.2. The number of hydrogen-bond donors (Lipinski definition) is 1. The van der Waals surface area contributed by atoms with Gasteiger partial charge < -0.3 is 14.8 Å². The lowest BCUT2D eigenvalue weighted by molar-refractivity contribution is 0.192. The molecule has 0 heterocycles. The van der Waals surface area contributed by atoms with Crippen LogP contribution in [-0.4, -0.2) is 26.9 Å². The van der Waals surface area contributed by atoms with Crippen molar-refractivity contribution in [1.29, 1.82) is 5.26 Å². The number of nitrogens with one attached hydrogen (secondary N) is 1. The third-order valence-electron chi connectivity index (χ3n) is 2.53. The van der Waals surface area contributed by atoms with E-state index in [2.05, 4.69) is 5.32 Å². The maximum absolute atomic E-state index is 8.51. The van der Waals surface area contributed by atoms with Crippen molar-refractivity contribution >= 4 is 0 Å². The van der Waals surface area contributed by atoms with E-state index < -0.39 is 0 Å². The van der Waals surface area contributed by atoms with Crippen LogP contribution in [0.3, 0.4) is 0 Å². The molecule has 0 atom stereocenters. The standard InChI is InChI=1S/C14H20N2O2/c1-17-10-5-4-9-16-12-13-6-2-3-7-14(13)18-11-8-15/h2-3,6-7,16H,4-5,9-12H2,1H3. The first-order valence-corrected chi connectivity index (χ1v) is 6.15. The zero-order valence-electron chi connectivity index (χ0n) is 10.8. The number of ether oxygens (including phenoxy) is 2. The molecule has 1 N–H and O–H groups in total. The maximum atomic E-state index is 8.51. The lowest BCUT2D eigenvalue weighted by Gasteiger charge is -2.10. The van der Waals surface area contributed by atoms with Crippen LogP contribution in [0.25, 0.3) is 0 Å². The molecule has 0 aliphatic heterocycles. The molecular weight excluding hydrogens is 228 g/mol. The first kappa shape index (κ1) is 14.5. The molecule has 0 spiro atoms. The van der Waals surface area contributed by atoms with Crippen molar-refractivity contribution in [3.8, 4) is 11.8 Å². The highest BCUT2D eigenvalue weighted by Crippen LogP contribution is 2.17. The first-order valence-electron chi connectivity index (χ1n) is 6.15. The molecule has 0 radical (unpaired) electrons. The number of hydrogen-bond acceptors (Lipinski definition) is 4.